The van der Waals surface area contributed by atoms with Crippen molar-refractivity contribution in [2.24, 2.45) is 0 Å². The summed E-state index contributed by atoms with van der Waals surface area (Å²) >= 11 is 0. The average molecular weight is 131 g/mol. The predicted octanol–water partition coefficient (Wildman–Crippen LogP) is 0.853. The lowest BCUT2D eigenvalue weighted by atomic mass is 10.0. The molecule has 54 valence electrons. The van der Waals surface area contributed by atoms with Crippen LogP contribution in [0.4, 0.5) is 0 Å². The zero-order chi connectivity index (χ0) is 7.33. The molecule has 0 heterocycles. The SMILES string of the molecule is CCC(C)(C)NOC=O. The van der Waals surface area contributed by atoms with Crippen LogP contribution in [-0.4, -0.2) is 12.0 Å². The van der Waals surface area contributed by atoms with Crippen molar-refractivity contribution in [1.29, 1.82) is 0 Å². The Balaban J connectivity index is 3.44. The van der Waals surface area contributed by atoms with E-state index in [-0.39, 0.29) is 5.54 Å². The van der Waals surface area contributed by atoms with Crippen molar-refractivity contribution in [3.63, 3.8) is 0 Å². The van der Waals surface area contributed by atoms with Gasteiger partial charge in [-0.2, -0.15) is 0 Å². The standard InChI is InChI=1S/C6H13NO2/c1-4-6(2,3)7-9-5-8/h5,7H,4H2,1-3H3. The number of nitrogens with one attached hydrogen (secondary N) is 1. The van der Waals surface area contributed by atoms with E-state index in [4.69, 9.17) is 0 Å². The van der Waals surface area contributed by atoms with Gasteiger partial charge in [-0.15, -0.1) is 5.48 Å². The maximum atomic E-state index is 9.68. The van der Waals surface area contributed by atoms with Gasteiger partial charge in [-0.1, -0.05) is 6.92 Å². The molecule has 0 atom stereocenters. The van der Waals surface area contributed by atoms with E-state index in [9.17, 15) is 4.79 Å². The minimum Gasteiger partial charge on any atom is -0.373 e. The van der Waals surface area contributed by atoms with Crippen molar-refractivity contribution in [3.8, 4) is 0 Å². The van der Waals surface area contributed by atoms with Crippen molar-refractivity contribution in [1.82, 2.24) is 5.48 Å². The van der Waals surface area contributed by atoms with Crippen LogP contribution < -0.4 is 5.48 Å². The molecule has 9 heavy (non-hydrogen) atoms. The fourth-order valence-corrected chi connectivity index (χ4v) is 0.256. The monoisotopic (exact) mass is 131 g/mol. The van der Waals surface area contributed by atoms with E-state index in [1.54, 1.807) is 0 Å². The quantitative estimate of drug-likeness (QED) is 0.454. The molecule has 0 aromatic heterocycles. The fraction of sp³-hybridized carbons (Fsp3) is 0.833. The summed E-state index contributed by atoms with van der Waals surface area (Å²) < 4.78 is 0. The number of hydrogen-bond donors (Lipinski definition) is 1. The normalized spacial score (nSPS) is 11.0. The Kier molecular flexibility index (Phi) is 3.24. The molecule has 0 spiro atoms. The summed E-state index contributed by atoms with van der Waals surface area (Å²) in [6.07, 6.45) is 0.918. The molecule has 1 N–H and O–H groups in total. The molecular formula is C6H13NO2. The van der Waals surface area contributed by atoms with Gasteiger partial charge in [0.1, 0.15) is 0 Å². The second kappa shape index (κ2) is 3.45. The molecule has 0 aliphatic carbocycles. The van der Waals surface area contributed by atoms with E-state index in [2.05, 4.69) is 10.3 Å². The molecule has 0 bridgehead atoms. The van der Waals surface area contributed by atoms with Crippen LogP contribution in [0.3, 0.4) is 0 Å². The van der Waals surface area contributed by atoms with E-state index in [1.807, 2.05) is 20.8 Å². The van der Waals surface area contributed by atoms with Crippen LogP contribution in [0.25, 0.3) is 0 Å². The summed E-state index contributed by atoms with van der Waals surface area (Å²) in [5.74, 6) is 0. The molecule has 0 aliphatic rings. The smallest absolute Gasteiger partial charge is 0.312 e. The van der Waals surface area contributed by atoms with E-state index < -0.39 is 0 Å². The highest BCUT2D eigenvalue weighted by Crippen LogP contribution is 2.05. The van der Waals surface area contributed by atoms with Crippen molar-refractivity contribution in [3.05, 3.63) is 0 Å². The molecule has 3 heteroatoms. The number of hydrogen-bond acceptors (Lipinski definition) is 3. The molecule has 0 aromatic carbocycles. The lowest BCUT2D eigenvalue weighted by Crippen LogP contribution is -2.37. The van der Waals surface area contributed by atoms with Crippen molar-refractivity contribution in [2.75, 3.05) is 0 Å². The Hall–Kier alpha value is -0.570. The van der Waals surface area contributed by atoms with Crippen LogP contribution in [0.1, 0.15) is 27.2 Å². The third-order valence-electron chi connectivity index (χ3n) is 1.27. The minimum atomic E-state index is -0.110. The van der Waals surface area contributed by atoms with Crippen LogP contribution in [0.2, 0.25) is 0 Å². The van der Waals surface area contributed by atoms with E-state index >= 15 is 0 Å². The topological polar surface area (TPSA) is 38.3 Å². The number of rotatable bonds is 4. The zero-order valence-corrected chi connectivity index (χ0v) is 6.10. The molecule has 0 fully saturated rings. The van der Waals surface area contributed by atoms with Crippen LogP contribution >= 0.6 is 0 Å². The summed E-state index contributed by atoms with van der Waals surface area (Å²) in [5, 5.41) is 0. The zero-order valence-electron chi connectivity index (χ0n) is 6.10. The van der Waals surface area contributed by atoms with Crippen molar-refractivity contribution < 1.29 is 9.63 Å². The number of hydroxylamine groups is 1. The highest BCUT2D eigenvalue weighted by atomic mass is 16.7. The average Bonchev–Trinajstić information content (AvgIpc) is 1.84. The first kappa shape index (κ1) is 8.43. The van der Waals surface area contributed by atoms with Gasteiger partial charge in [0.25, 0.3) is 0 Å². The lowest BCUT2D eigenvalue weighted by Gasteiger charge is -2.21. The minimum absolute atomic E-state index is 0.110. The Bertz CT molecular complexity index is 91.1. The summed E-state index contributed by atoms with van der Waals surface area (Å²) in [4.78, 5) is 14.0. The van der Waals surface area contributed by atoms with Gasteiger partial charge in [-0.3, -0.25) is 4.79 Å². The Labute approximate surface area is 55.3 Å². The lowest BCUT2D eigenvalue weighted by molar-refractivity contribution is -0.139. The van der Waals surface area contributed by atoms with Crippen molar-refractivity contribution >= 4 is 6.47 Å². The van der Waals surface area contributed by atoms with E-state index in [0.29, 0.717) is 6.47 Å². The second-order valence-electron chi connectivity index (χ2n) is 2.55. The second-order valence-corrected chi connectivity index (χ2v) is 2.55. The molecular weight excluding hydrogens is 118 g/mol. The van der Waals surface area contributed by atoms with Gasteiger partial charge in [0.2, 0.25) is 0 Å². The van der Waals surface area contributed by atoms with E-state index in [1.165, 1.54) is 0 Å². The molecule has 0 rings (SSSR count). The van der Waals surface area contributed by atoms with Crippen LogP contribution in [0.5, 0.6) is 0 Å². The summed E-state index contributed by atoms with van der Waals surface area (Å²) in [5.41, 5.74) is 2.48. The first-order valence-corrected chi connectivity index (χ1v) is 2.99. The molecule has 0 aliphatic heterocycles. The van der Waals surface area contributed by atoms with Crippen molar-refractivity contribution in [2.45, 2.75) is 32.7 Å². The molecule has 0 saturated carbocycles. The first-order valence-electron chi connectivity index (χ1n) is 2.99. The molecule has 0 aromatic rings. The highest BCUT2D eigenvalue weighted by molar-refractivity contribution is 5.36. The van der Waals surface area contributed by atoms with Gasteiger partial charge < -0.3 is 4.84 Å². The maximum Gasteiger partial charge on any atom is 0.312 e. The Morgan fingerprint density at radius 1 is 1.67 bits per heavy atom. The molecule has 0 unspecified atom stereocenters. The number of carbonyl (C=O) groups excluding carboxylic acids is 1. The predicted molar refractivity (Wildman–Crippen MR) is 34.7 cm³/mol. The van der Waals surface area contributed by atoms with E-state index in [0.717, 1.165) is 6.42 Å². The van der Waals surface area contributed by atoms with Gasteiger partial charge in [0.15, 0.2) is 0 Å². The van der Waals surface area contributed by atoms with Crippen LogP contribution in [0.15, 0.2) is 0 Å². The number of carbonyl (C=O) groups is 1. The summed E-state index contributed by atoms with van der Waals surface area (Å²) in [6, 6.07) is 0. The largest absolute Gasteiger partial charge is 0.373 e. The third kappa shape index (κ3) is 3.97. The Morgan fingerprint density at radius 2 is 2.22 bits per heavy atom. The van der Waals surface area contributed by atoms with Gasteiger partial charge in [0.05, 0.1) is 0 Å². The van der Waals surface area contributed by atoms with Gasteiger partial charge in [0, 0.05) is 5.54 Å². The summed E-state index contributed by atoms with van der Waals surface area (Å²) in [6.45, 7) is 6.31. The van der Waals surface area contributed by atoms with Crippen LogP contribution in [0, 0.1) is 0 Å². The third-order valence-corrected chi connectivity index (χ3v) is 1.27. The molecule has 0 saturated heterocycles. The molecule has 3 nitrogen and oxygen atoms in total. The molecule has 0 amide bonds. The molecule has 0 radical (unpaired) electrons. The maximum absolute atomic E-state index is 9.68. The highest BCUT2D eigenvalue weighted by Gasteiger charge is 2.13. The fourth-order valence-electron chi connectivity index (χ4n) is 0.256. The first-order chi connectivity index (χ1) is 4.12. The van der Waals surface area contributed by atoms with Crippen LogP contribution in [-0.2, 0) is 9.63 Å². The Morgan fingerprint density at radius 3 is 2.56 bits per heavy atom. The van der Waals surface area contributed by atoms with Gasteiger partial charge >= 0.3 is 6.47 Å². The van der Waals surface area contributed by atoms with Gasteiger partial charge in [-0.25, -0.2) is 0 Å². The summed E-state index contributed by atoms with van der Waals surface area (Å²) in [7, 11) is 0. The van der Waals surface area contributed by atoms with Gasteiger partial charge in [-0.05, 0) is 20.3 Å².